The van der Waals surface area contributed by atoms with E-state index in [0.717, 1.165) is 11.6 Å². The first kappa shape index (κ1) is 11.7. The van der Waals surface area contributed by atoms with E-state index in [1.165, 1.54) is 21.3 Å². The summed E-state index contributed by atoms with van der Waals surface area (Å²) in [6, 6.07) is 14.6. The van der Waals surface area contributed by atoms with Gasteiger partial charge in [-0.3, -0.25) is 0 Å². The number of hydrogen-bond donors (Lipinski definition) is 0. The Morgan fingerprint density at radius 1 is 1.11 bits per heavy atom. The first-order chi connectivity index (χ1) is 8.72. The lowest BCUT2D eigenvalue weighted by atomic mass is 10.2. The molecule has 0 aliphatic rings. The summed E-state index contributed by atoms with van der Waals surface area (Å²) in [5.74, 6) is 0. The number of benzene rings is 2. The highest BCUT2D eigenvalue weighted by molar-refractivity contribution is 7.16. The van der Waals surface area contributed by atoms with Gasteiger partial charge < -0.3 is 0 Å². The largest absolute Gasteiger partial charge is 0.226 e. The Morgan fingerprint density at radius 2 is 1.89 bits per heavy atom. The number of nitrogens with zero attached hydrogens (tertiary/aromatic N) is 1. The standard InChI is InChI=1S/C15H13ClNS/c1-11-2-7-14-15(8-11)18-10-17(14)9-12-3-5-13(16)6-4-12/h2-8,10H,9H2,1H3/q+1. The highest BCUT2D eigenvalue weighted by atomic mass is 35.5. The molecule has 0 bridgehead atoms. The van der Waals surface area contributed by atoms with Crippen molar-refractivity contribution in [1.82, 2.24) is 0 Å². The molecule has 0 atom stereocenters. The molecule has 1 nitrogen and oxygen atoms in total. The fourth-order valence-corrected chi connectivity index (χ4v) is 3.15. The Kier molecular flexibility index (Phi) is 3.06. The van der Waals surface area contributed by atoms with E-state index in [0.29, 0.717) is 0 Å². The van der Waals surface area contributed by atoms with Crippen LogP contribution >= 0.6 is 22.9 Å². The Morgan fingerprint density at radius 3 is 2.67 bits per heavy atom. The second-order valence-corrected chi connectivity index (χ2v) is 5.77. The maximum absolute atomic E-state index is 5.90. The second-order valence-electron chi connectivity index (χ2n) is 4.45. The summed E-state index contributed by atoms with van der Waals surface area (Å²) >= 11 is 7.69. The van der Waals surface area contributed by atoms with Gasteiger partial charge in [0.05, 0.1) is 0 Å². The van der Waals surface area contributed by atoms with Crippen LogP contribution < -0.4 is 4.57 Å². The van der Waals surface area contributed by atoms with Crippen molar-refractivity contribution >= 4 is 33.2 Å². The van der Waals surface area contributed by atoms with Crippen molar-refractivity contribution < 1.29 is 4.57 Å². The molecule has 3 aromatic rings. The maximum Gasteiger partial charge on any atom is 0.226 e. The predicted molar refractivity (Wildman–Crippen MR) is 77.3 cm³/mol. The minimum Gasteiger partial charge on any atom is -0.184 e. The third-order valence-electron chi connectivity index (χ3n) is 3.00. The molecule has 90 valence electrons. The Balaban J connectivity index is 1.97. The van der Waals surface area contributed by atoms with E-state index in [9.17, 15) is 0 Å². The number of hydrogen-bond acceptors (Lipinski definition) is 1. The quantitative estimate of drug-likeness (QED) is 0.617. The van der Waals surface area contributed by atoms with Crippen molar-refractivity contribution in [1.29, 1.82) is 0 Å². The normalized spacial score (nSPS) is 11.0. The predicted octanol–water partition coefficient (Wildman–Crippen LogP) is 4.20. The number of aryl methyl sites for hydroxylation is 1. The topological polar surface area (TPSA) is 3.88 Å². The van der Waals surface area contributed by atoms with Crippen LogP contribution in [0.4, 0.5) is 0 Å². The zero-order valence-corrected chi connectivity index (χ0v) is 11.6. The molecule has 0 saturated heterocycles. The first-order valence-corrected chi connectivity index (χ1v) is 7.10. The van der Waals surface area contributed by atoms with Gasteiger partial charge in [-0.25, -0.2) is 0 Å². The van der Waals surface area contributed by atoms with Gasteiger partial charge in [0.25, 0.3) is 0 Å². The van der Waals surface area contributed by atoms with Crippen molar-refractivity contribution in [3.63, 3.8) is 0 Å². The van der Waals surface area contributed by atoms with Crippen LogP contribution in [0.1, 0.15) is 11.1 Å². The fourth-order valence-electron chi connectivity index (χ4n) is 2.04. The highest BCUT2D eigenvalue weighted by Crippen LogP contribution is 2.18. The number of fused-ring (bicyclic) bond motifs is 1. The van der Waals surface area contributed by atoms with E-state index in [1.807, 2.05) is 12.1 Å². The van der Waals surface area contributed by atoms with Crippen molar-refractivity contribution in [2.75, 3.05) is 0 Å². The van der Waals surface area contributed by atoms with Crippen LogP contribution in [0.2, 0.25) is 5.02 Å². The number of aromatic nitrogens is 1. The summed E-state index contributed by atoms with van der Waals surface area (Å²) < 4.78 is 3.62. The van der Waals surface area contributed by atoms with Crippen molar-refractivity contribution in [2.45, 2.75) is 13.5 Å². The van der Waals surface area contributed by atoms with Gasteiger partial charge in [-0.15, -0.1) is 0 Å². The van der Waals surface area contributed by atoms with Gasteiger partial charge >= 0.3 is 0 Å². The Labute approximate surface area is 115 Å². The van der Waals surface area contributed by atoms with Crippen molar-refractivity contribution in [3.8, 4) is 0 Å². The van der Waals surface area contributed by atoms with E-state index < -0.39 is 0 Å². The smallest absolute Gasteiger partial charge is 0.184 e. The van der Waals surface area contributed by atoms with E-state index in [1.54, 1.807) is 11.3 Å². The third-order valence-corrected chi connectivity index (χ3v) is 4.19. The molecule has 0 aliphatic heterocycles. The molecule has 18 heavy (non-hydrogen) atoms. The van der Waals surface area contributed by atoms with Crippen LogP contribution in [0.5, 0.6) is 0 Å². The van der Waals surface area contributed by atoms with Crippen molar-refractivity contribution in [2.24, 2.45) is 0 Å². The molecule has 3 heteroatoms. The van der Waals surface area contributed by atoms with Crippen LogP contribution in [0, 0.1) is 6.92 Å². The molecule has 0 radical (unpaired) electrons. The van der Waals surface area contributed by atoms with Gasteiger partial charge in [0.1, 0.15) is 4.70 Å². The molecule has 0 spiro atoms. The van der Waals surface area contributed by atoms with Gasteiger partial charge in [-0.2, -0.15) is 4.57 Å². The Hall–Kier alpha value is -1.38. The van der Waals surface area contributed by atoms with Crippen LogP contribution in [0.15, 0.2) is 48.0 Å². The SMILES string of the molecule is Cc1ccc2c(c1)sc[n+]2Cc1ccc(Cl)cc1. The molecule has 1 aromatic heterocycles. The molecule has 1 heterocycles. The molecule has 2 aromatic carbocycles. The minimum absolute atomic E-state index is 0.787. The van der Waals surface area contributed by atoms with Crippen molar-refractivity contribution in [3.05, 3.63) is 64.1 Å². The molecule has 0 saturated carbocycles. The summed E-state index contributed by atoms with van der Waals surface area (Å²) in [6.07, 6.45) is 0. The molecule has 0 amide bonds. The van der Waals surface area contributed by atoms with Gasteiger partial charge in [0.2, 0.25) is 11.0 Å². The number of halogens is 1. The number of thiazole rings is 1. The summed E-state index contributed by atoms with van der Waals surface area (Å²) in [7, 11) is 0. The van der Waals surface area contributed by atoms with Crippen LogP contribution in [0.25, 0.3) is 10.2 Å². The summed E-state index contributed by atoms with van der Waals surface area (Å²) in [5.41, 5.74) is 6.05. The maximum atomic E-state index is 5.90. The lowest BCUT2D eigenvalue weighted by Gasteiger charge is -1.97. The van der Waals surface area contributed by atoms with Crippen LogP contribution in [-0.2, 0) is 6.54 Å². The van der Waals surface area contributed by atoms with Gasteiger partial charge in [0, 0.05) is 16.7 Å². The van der Waals surface area contributed by atoms with E-state index in [-0.39, 0.29) is 0 Å². The van der Waals surface area contributed by atoms with Gasteiger partial charge in [-0.1, -0.05) is 41.1 Å². The monoisotopic (exact) mass is 274 g/mol. The first-order valence-electron chi connectivity index (χ1n) is 5.84. The lowest BCUT2D eigenvalue weighted by Crippen LogP contribution is -2.31. The van der Waals surface area contributed by atoms with Crippen LogP contribution in [0.3, 0.4) is 0 Å². The third kappa shape index (κ3) is 2.26. The lowest BCUT2D eigenvalue weighted by molar-refractivity contribution is -0.658. The average molecular weight is 275 g/mol. The zero-order valence-electron chi connectivity index (χ0n) is 10.1. The molecule has 3 rings (SSSR count). The minimum atomic E-state index is 0.787. The zero-order chi connectivity index (χ0) is 12.5. The van der Waals surface area contributed by atoms with E-state index in [4.69, 9.17) is 11.6 Å². The molecule has 0 N–H and O–H groups in total. The number of rotatable bonds is 2. The summed E-state index contributed by atoms with van der Waals surface area (Å²) in [6.45, 7) is 3.02. The molecular formula is C15H13ClNS+. The van der Waals surface area contributed by atoms with E-state index >= 15 is 0 Å². The van der Waals surface area contributed by atoms with Crippen LogP contribution in [-0.4, -0.2) is 0 Å². The molecule has 0 unspecified atom stereocenters. The molecule has 0 aliphatic carbocycles. The summed E-state index contributed by atoms with van der Waals surface area (Å²) in [4.78, 5) is 0. The fraction of sp³-hybridized carbons (Fsp3) is 0.133. The molecule has 0 fully saturated rings. The van der Waals surface area contributed by atoms with Gasteiger partial charge in [0.15, 0.2) is 6.54 Å². The highest BCUT2D eigenvalue weighted by Gasteiger charge is 2.11. The van der Waals surface area contributed by atoms with E-state index in [2.05, 4.69) is 47.3 Å². The second kappa shape index (κ2) is 4.71. The average Bonchev–Trinajstić information content (AvgIpc) is 2.74. The summed E-state index contributed by atoms with van der Waals surface area (Å²) in [5, 5.41) is 0.787. The Bertz CT molecular complexity index is 685. The molecular weight excluding hydrogens is 262 g/mol. The van der Waals surface area contributed by atoms with Gasteiger partial charge in [-0.05, 0) is 30.7 Å².